The van der Waals surface area contributed by atoms with Crippen LogP contribution in [0.5, 0.6) is 5.75 Å². The van der Waals surface area contributed by atoms with Gasteiger partial charge in [0.1, 0.15) is 12.4 Å². The summed E-state index contributed by atoms with van der Waals surface area (Å²) in [5, 5.41) is 3.11. The average Bonchev–Trinajstić information content (AvgIpc) is 2.16. The highest BCUT2D eigenvalue weighted by Crippen LogP contribution is 2.15. The van der Waals surface area contributed by atoms with Crippen LogP contribution < -0.4 is 10.1 Å². The third-order valence-corrected chi connectivity index (χ3v) is 2.34. The molecule has 0 heterocycles. The Bertz CT molecular complexity index is 248. The van der Waals surface area contributed by atoms with E-state index in [4.69, 9.17) is 4.74 Å². The standard InChI is InChI=1S/C10H14BrNO/c1-8(12-2)7-13-10-5-3-9(11)4-6-10/h3-6,8,12H,7H2,1-2H3. The summed E-state index contributed by atoms with van der Waals surface area (Å²) in [4.78, 5) is 0. The first-order valence-electron chi connectivity index (χ1n) is 4.28. The minimum atomic E-state index is 0.378. The summed E-state index contributed by atoms with van der Waals surface area (Å²) in [7, 11) is 1.93. The van der Waals surface area contributed by atoms with E-state index in [9.17, 15) is 0 Å². The highest BCUT2D eigenvalue weighted by atomic mass is 79.9. The molecule has 0 spiro atoms. The molecule has 1 aromatic carbocycles. The SMILES string of the molecule is CNC(C)COc1ccc(Br)cc1. The molecule has 2 nitrogen and oxygen atoms in total. The fraction of sp³-hybridized carbons (Fsp3) is 0.400. The number of nitrogens with one attached hydrogen (secondary N) is 1. The summed E-state index contributed by atoms with van der Waals surface area (Å²) in [5.41, 5.74) is 0. The van der Waals surface area contributed by atoms with Gasteiger partial charge in [-0.05, 0) is 38.2 Å². The molecule has 72 valence electrons. The van der Waals surface area contributed by atoms with Gasteiger partial charge in [-0.25, -0.2) is 0 Å². The molecule has 1 N–H and O–H groups in total. The molecule has 0 aliphatic heterocycles. The molecule has 0 saturated heterocycles. The van der Waals surface area contributed by atoms with Gasteiger partial charge in [-0.1, -0.05) is 15.9 Å². The molecule has 1 rings (SSSR count). The van der Waals surface area contributed by atoms with Gasteiger partial charge in [0.05, 0.1) is 0 Å². The Morgan fingerprint density at radius 1 is 1.38 bits per heavy atom. The normalized spacial score (nSPS) is 12.5. The van der Waals surface area contributed by atoms with Crippen LogP contribution in [-0.4, -0.2) is 19.7 Å². The lowest BCUT2D eigenvalue weighted by Gasteiger charge is -2.11. The molecule has 0 bridgehead atoms. The fourth-order valence-corrected chi connectivity index (χ4v) is 1.10. The highest BCUT2D eigenvalue weighted by Gasteiger charge is 1.98. The van der Waals surface area contributed by atoms with E-state index in [2.05, 4.69) is 28.2 Å². The number of benzene rings is 1. The summed E-state index contributed by atoms with van der Waals surface area (Å²) in [6.07, 6.45) is 0. The summed E-state index contributed by atoms with van der Waals surface area (Å²) in [5.74, 6) is 0.908. The number of hydrogen-bond acceptors (Lipinski definition) is 2. The van der Waals surface area contributed by atoms with Crippen molar-refractivity contribution >= 4 is 15.9 Å². The highest BCUT2D eigenvalue weighted by molar-refractivity contribution is 9.10. The topological polar surface area (TPSA) is 21.3 Å². The zero-order valence-electron chi connectivity index (χ0n) is 7.88. The lowest BCUT2D eigenvalue weighted by Crippen LogP contribution is -2.28. The van der Waals surface area contributed by atoms with E-state index < -0.39 is 0 Å². The summed E-state index contributed by atoms with van der Waals surface area (Å²) < 4.78 is 6.60. The van der Waals surface area contributed by atoms with Gasteiger partial charge in [0, 0.05) is 10.5 Å². The number of likely N-dealkylation sites (N-methyl/N-ethyl adjacent to an activating group) is 1. The Kier molecular flexibility index (Phi) is 4.25. The zero-order valence-corrected chi connectivity index (χ0v) is 9.47. The Balaban J connectivity index is 2.41. The number of halogens is 1. The van der Waals surface area contributed by atoms with Gasteiger partial charge in [-0.15, -0.1) is 0 Å². The maximum atomic E-state index is 5.53. The Morgan fingerprint density at radius 2 is 2.00 bits per heavy atom. The maximum Gasteiger partial charge on any atom is 0.119 e. The van der Waals surface area contributed by atoms with Crippen LogP contribution in [0.2, 0.25) is 0 Å². The van der Waals surface area contributed by atoms with E-state index in [1.54, 1.807) is 0 Å². The van der Waals surface area contributed by atoms with Crippen molar-refractivity contribution in [1.82, 2.24) is 5.32 Å². The first-order chi connectivity index (χ1) is 6.22. The zero-order chi connectivity index (χ0) is 9.68. The molecule has 1 atom stereocenters. The lowest BCUT2D eigenvalue weighted by molar-refractivity contribution is 0.280. The maximum absolute atomic E-state index is 5.53. The summed E-state index contributed by atoms with van der Waals surface area (Å²) >= 11 is 3.37. The molecule has 0 aliphatic carbocycles. The van der Waals surface area contributed by atoms with Crippen molar-refractivity contribution in [3.05, 3.63) is 28.7 Å². The van der Waals surface area contributed by atoms with Crippen molar-refractivity contribution in [1.29, 1.82) is 0 Å². The van der Waals surface area contributed by atoms with E-state index in [0.29, 0.717) is 12.6 Å². The smallest absolute Gasteiger partial charge is 0.119 e. The Hall–Kier alpha value is -0.540. The molecule has 0 aliphatic rings. The molecule has 13 heavy (non-hydrogen) atoms. The molecule has 1 unspecified atom stereocenters. The van der Waals surface area contributed by atoms with Crippen LogP contribution in [0.25, 0.3) is 0 Å². The minimum absolute atomic E-state index is 0.378. The van der Waals surface area contributed by atoms with E-state index in [1.807, 2.05) is 31.3 Å². The second-order valence-corrected chi connectivity index (χ2v) is 3.87. The lowest BCUT2D eigenvalue weighted by atomic mass is 10.3. The van der Waals surface area contributed by atoms with Gasteiger partial charge < -0.3 is 10.1 Å². The molecule has 0 saturated carbocycles. The van der Waals surface area contributed by atoms with Crippen molar-refractivity contribution in [2.45, 2.75) is 13.0 Å². The summed E-state index contributed by atoms with van der Waals surface area (Å²) in [6.45, 7) is 2.77. The molecule has 0 aromatic heterocycles. The third kappa shape index (κ3) is 3.79. The van der Waals surface area contributed by atoms with E-state index in [-0.39, 0.29) is 0 Å². The molecule has 0 fully saturated rings. The number of ether oxygens (including phenoxy) is 1. The summed E-state index contributed by atoms with van der Waals surface area (Å²) in [6, 6.07) is 8.22. The van der Waals surface area contributed by atoms with Gasteiger partial charge in [-0.2, -0.15) is 0 Å². The van der Waals surface area contributed by atoms with Crippen LogP contribution in [-0.2, 0) is 0 Å². The first kappa shape index (κ1) is 10.5. The van der Waals surface area contributed by atoms with Crippen LogP contribution in [0.15, 0.2) is 28.7 Å². The van der Waals surface area contributed by atoms with Gasteiger partial charge in [-0.3, -0.25) is 0 Å². The van der Waals surface area contributed by atoms with Crippen LogP contribution in [0, 0.1) is 0 Å². The molecular weight excluding hydrogens is 230 g/mol. The largest absolute Gasteiger partial charge is 0.492 e. The molecular formula is C10H14BrNO. The van der Waals surface area contributed by atoms with Gasteiger partial charge >= 0.3 is 0 Å². The van der Waals surface area contributed by atoms with Crippen LogP contribution in [0.1, 0.15) is 6.92 Å². The van der Waals surface area contributed by atoms with Crippen LogP contribution in [0.4, 0.5) is 0 Å². The second-order valence-electron chi connectivity index (χ2n) is 2.95. The van der Waals surface area contributed by atoms with Crippen LogP contribution >= 0.6 is 15.9 Å². The quantitative estimate of drug-likeness (QED) is 0.878. The second kappa shape index (κ2) is 5.25. The molecule has 3 heteroatoms. The van der Waals surface area contributed by atoms with Crippen molar-refractivity contribution < 1.29 is 4.74 Å². The van der Waals surface area contributed by atoms with Crippen molar-refractivity contribution in [3.8, 4) is 5.75 Å². The predicted octanol–water partition coefficient (Wildman–Crippen LogP) is 2.44. The van der Waals surface area contributed by atoms with Gasteiger partial charge in [0.2, 0.25) is 0 Å². The van der Waals surface area contributed by atoms with Crippen molar-refractivity contribution in [2.75, 3.05) is 13.7 Å². The Morgan fingerprint density at radius 3 is 2.54 bits per heavy atom. The number of hydrogen-bond donors (Lipinski definition) is 1. The van der Waals surface area contributed by atoms with Gasteiger partial charge in [0.25, 0.3) is 0 Å². The first-order valence-corrected chi connectivity index (χ1v) is 5.07. The van der Waals surface area contributed by atoms with Crippen molar-refractivity contribution in [2.24, 2.45) is 0 Å². The van der Waals surface area contributed by atoms with Crippen molar-refractivity contribution in [3.63, 3.8) is 0 Å². The number of rotatable bonds is 4. The van der Waals surface area contributed by atoms with Gasteiger partial charge in [0.15, 0.2) is 0 Å². The monoisotopic (exact) mass is 243 g/mol. The predicted molar refractivity (Wildman–Crippen MR) is 58.2 cm³/mol. The van der Waals surface area contributed by atoms with E-state index >= 15 is 0 Å². The van der Waals surface area contributed by atoms with E-state index in [1.165, 1.54) is 0 Å². The minimum Gasteiger partial charge on any atom is -0.492 e. The molecule has 0 amide bonds. The van der Waals surface area contributed by atoms with E-state index in [0.717, 1.165) is 10.2 Å². The molecule has 1 aromatic rings. The third-order valence-electron chi connectivity index (χ3n) is 1.81. The Labute approximate surface area is 87.4 Å². The molecule has 0 radical (unpaired) electrons. The van der Waals surface area contributed by atoms with Crippen LogP contribution in [0.3, 0.4) is 0 Å². The average molecular weight is 244 g/mol. The fourth-order valence-electron chi connectivity index (χ4n) is 0.835.